The van der Waals surface area contributed by atoms with E-state index < -0.39 is 0 Å². The number of hydrogen-bond acceptors (Lipinski definition) is 3. The van der Waals surface area contributed by atoms with Crippen molar-refractivity contribution < 1.29 is 14.2 Å². The van der Waals surface area contributed by atoms with Crippen molar-refractivity contribution in [3.8, 4) is 11.7 Å². The Balaban J connectivity index is 1.62. The van der Waals surface area contributed by atoms with Crippen LogP contribution < -0.4 is 4.74 Å². The van der Waals surface area contributed by atoms with Gasteiger partial charge in [-0.2, -0.15) is 0 Å². The third-order valence-corrected chi connectivity index (χ3v) is 6.58. The van der Waals surface area contributed by atoms with Gasteiger partial charge in [-0.3, -0.25) is 0 Å². The molecule has 0 aromatic heterocycles. The highest BCUT2D eigenvalue weighted by atomic mass is 16.7. The number of methoxy groups -OCH3 is 1. The summed E-state index contributed by atoms with van der Waals surface area (Å²) in [5.74, 6) is 6.08. The lowest BCUT2D eigenvalue weighted by Gasteiger charge is -2.57. The van der Waals surface area contributed by atoms with Crippen LogP contribution in [-0.2, 0) is 14.9 Å². The molecule has 1 aromatic rings. The summed E-state index contributed by atoms with van der Waals surface area (Å²) in [5, 5.41) is 0. The summed E-state index contributed by atoms with van der Waals surface area (Å²) in [5.41, 5.74) is 2.34. The van der Waals surface area contributed by atoms with Crippen LogP contribution in [0.3, 0.4) is 0 Å². The van der Waals surface area contributed by atoms with E-state index in [1.165, 1.54) is 44.1 Å². The van der Waals surface area contributed by atoms with Crippen molar-refractivity contribution in [2.45, 2.75) is 57.2 Å². The Morgan fingerprint density at radius 1 is 1.16 bits per heavy atom. The van der Waals surface area contributed by atoms with Gasteiger partial charge in [-0.25, -0.2) is 0 Å². The van der Waals surface area contributed by atoms with E-state index in [1.807, 2.05) is 19.1 Å². The molecule has 4 bridgehead atoms. The van der Waals surface area contributed by atoms with E-state index in [1.54, 1.807) is 7.11 Å². The van der Waals surface area contributed by atoms with Crippen LogP contribution in [0, 0.1) is 30.1 Å². The van der Waals surface area contributed by atoms with Gasteiger partial charge < -0.3 is 14.2 Å². The molecular weight excluding hydrogens is 312 g/mol. The maximum absolute atomic E-state index is 7.53. The van der Waals surface area contributed by atoms with Crippen LogP contribution in [0.5, 0.6) is 5.75 Å². The third-order valence-electron chi connectivity index (χ3n) is 6.58. The predicted octanol–water partition coefficient (Wildman–Crippen LogP) is 4.44. The SMILES string of the molecule is [C]#Cc1ccc(OCOC(C)OC)c(C23CC4CC(CC(C4)C2)C3)c1. The smallest absolute Gasteiger partial charge is 0.191 e. The summed E-state index contributed by atoms with van der Waals surface area (Å²) in [7, 11) is 1.63. The average Bonchev–Trinajstić information content (AvgIpc) is 2.60. The molecule has 133 valence electrons. The number of hydrogen-bond donors (Lipinski definition) is 0. The molecule has 0 N–H and O–H groups in total. The van der Waals surface area contributed by atoms with E-state index >= 15 is 0 Å². The highest BCUT2D eigenvalue weighted by Crippen LogP contribution is 2.61. The lowest BCUT2D eigenvalue weighted by molar-refractivity contribution is -0.150. The summed E-state index contributed by atoms with van der Waals surface area (Å²) in [6.45, 7) is 2.04. The summed E-state index contributed by atoms with van der Waals surface area (Å²) >= 11 is 0. The van der Waals surface area contributed by atoms with E-state index in [4.69, 9.17) is 20.6 Å². The van der Waals surface area contributed by atoms with E-state index in [9.17, 15) is 0 Å². The number of benzene rings is 1. The summed E-state index contributed by atoms with van der Waals surface area (Å²) in [4.78, 5) is 0. The third kappa shape index (κ3) is 3.18. The fraction of sp³-hybridized carbons (Fsp3) is 0.636. The van der Waals surface area contributed by atoms with Crippen molar-refractivity contribution in [2.24, 2.45) is 17.8 Å². The number of rotatable bonds is 6. The Labute approximate surface area is 151 Å². The molecule has 5 rings (SSSR count). The van der Waals surface area contributed by atoms with Gasteiger partial charge in [0.05, 0.1) is 0 Å². The standard InChI is InChI=1S/C22H27O3/c1-4-16-5-6-21(25-14-24-15(2)23-3)20(10-16)22-11-17-7-18(12-22)9-19(8-17)13-22/h5-6,10,15,17-19H,7-9,11-14H2,2-3H3. The summed E-state index contributed by atoms with van der Waals surface area (Å²) in [6, 6.07) is 6.03. The Bertz CT molecular complexity index is 637. The minimum Gasteiger partial charge on any atom is -0.467 e. The molecule has 3 nitrogen and oxygen atoms in total. The number of ether oxygens (including phenoxy) is 3. The van der Waals surface area contributed by atoms with Crippen molar-refractivity contribution in [3.63, 3.8) is 0 Å². The molecule has 3 heteroatoms. The van der Waals surface area contributed by atoms with Crippen molar-refractivity contribution in [3.05, 3.63) is 35.7 Å². The topological polar surface area (TPSA) is 27.7 Å². The predicted molar refractivity (Wildman–Crippen MR) is 95.6 cm³/mol. The Hall–Kier alpha value is -1.50. The first-order valence-electron chi connectivity index (χ1n) is 9.46. The molecule has 1 radical (unpaired) electrons. The second-order valence-corrected chi connectivity index (χ2v) is 8.27. The monoisotopic (exact) mass is 339 g/mol. The van der Waals surface area contributed by atoms with Crippen molar-refractivity contribution in [1.82, 2.24) is 0 Å². The molecule has 4 aliphatic carbocycles. The van der Waals surface area contributed by atoms with Crippen LogP contribution in [0.15, 0.2) is 18.2 Å². The fourth-order valence-corrected chi connectivity index (χ4v) is 5.85. The van der Waals surface area contributed by atoms with Gasteiger partial charge in [0.15, 0.2) is 13.1 Å². The van der Waals surface area contributed by atoms with Crippen molar-refractivity contribution in [2.75, 3.05) is 13.9 Å². The molecule has 1 atom stereocenters. The zero-order valence-electron chi connectivity index (χ0n) is 15.2. The molecular formula is C22H27O3. The molecule has 0 saturated heterocycles. The van der Waals surface area contributed by atoms with Crippen LogP contribution >= 0.6 is 0 Å². The van der Waals surface area contributed by atoms with E-state index in [-0.39, 0.29) is 18.5 Å². The van der Waals surface area contributed by atoms with E-state index in [0.29, 0.717) is 0 Å². The van der Waals surface area contributed by atoms with Crippen LogP contribution in [0.2, 0.25) is 0 Å². The van der Waals surface area contributed by atoms with Gasteiger partial charge in [0.2, 0.25) is 0 Å². The highest BCUT2D eigenvalue weighted by molar-refractivity contribution is 5.47. The second kappa shape index (κ2) is 6.67. The molecule has 1 aromatic carbocycles. The molecule has 4 saturated carbocycles. The van der Waals surface area contributed by atoms with E-state index in [0.717, 1.165) is 29.1 Å². The van der Waals surface area contributed by atoms with Gasteiger partial charge >= 0.3 is 0 Å². The molecule has 0 heterocycles. The minimum atomic E-state index is -0.280. The van der Waals surface area contributed by atoms with Crippen molar-refractivity contribution >= 4 is 0 Å². The first kappa shape index (κ1) is 16.9. The van der Waals surface area contributed by atoms with Gasteiger partial charge in [0.1, 0.15) is 5.75 Å². The van der Waals surface area contributed by atoms with Gasteiger partial charge in [0, 0.05) is 18.2 Å². The molecule has 4 aliphatic rings. The van der Waals surface area contributed by atoms with Crippen LogP contribution in [0.25, 0.3) is 0 Å². The minimum absolute atomic E-state index is 0.183. The largest absolute Gasteiger partial charge is 0.467 e. The van der Waals surface area contributed by atoms with Gasteiger partial charge in [-0.1, -0.05) is 5.92 Å². The lowest BCUT2D eigenvalue weighted by atomic mass is 9.48. The van der Waals surface area contributed by atoms with Crippen LogP contribution in [0.4, 0.5) is 0 Å². The van der Waals surface area contributed by atoms with Gasteiger partial charge in [0.25, 0.3) is 0 Å². The van der Waals surface area contributed by atoms with Gasteiger partial charge in [-0.15, -0.1) is 0 Å². The molecule has 0 spiro atoms. The van der Waals surface area contributed by atoms with Crippen LogP contribution in [-0.4, -0.2) is 20.2 Å². The molecule has 4 fully saturated rings. The maximum Gasteiger partial charge on any atom is 0.191 e. The molecule has 1 unspecified atom stereocenters. The fourth-order valence-electron chi connectivity index (χ4n) is 5.85. The molecule has 0 amide bonds. The van der Waals surface area contributed by atoms with E-state index in [2.05, 4.69) is 12.0 Å². The lowest BCUT2D eigenvalue weighted by Crippen LogP contribution is -2.48. The normalized spacial score (nSPS) is 33.9. The maximum atomic E-state index is 7.53. The van der Waals surface area contributed by atoms with Crippen LogP contribution in [0.1, 0.15) is 56.6 Å². The zero-order valence-corrected chi connectivity index (χ0v) is 15.2. The first-order chi connectivity index (χ1) is 12.1. The highest BCUT2D eigenvalue weighted by Gasteiger charge is 2.52. The second-order valence-electron chi connectivity index (χ2n) is 8.27. The first-order valence-corrected chi connectivity index (χ1v) is 9.46. The quantitative estimate of drug-likeness (QED) is 0.566. The summed E-state index contributed by atoms with van der Waals surface area (Å²) in [6.07, 6.45) is 15.3. The van der Waals surface area contributed by atoms with Crippen molar-refractivity contribution in [1.29, 1.82) is 0 Å². The molecule has 0 aliphatic heterocycles. The Morgan fingerprint density at radius 3 is 2.36 bits per heavy atom. The Morgan fingerprint density at radius 2 is 1.80 bits per heavy atom. The Kier molecular flexibility index (Phi) is 4.52. The average molecular weight is 339 g/mol. The zero-order chi connectivity index (χ0) is 17.4. The molecule has 25 heavy (non-hydrogen) atoms. The van der Waals surface area contributed by atoms with Gasteiger partial charge in [-0.05, 0) is 93.2 Å². The summed E-state index contributed by atoms with van der Waals surface area (Å²) < 4.78 is 16.7.